The fraction of sp³-hybridized carbons (Fsp3) is 0.682. The fourth-order valence-electron chi connectivity index (χ4n) is 7.01. The summed E-state index contributed by atoms with van der Waals surface area (Å²) < 4.78 is 23.0. The topological polar surface area (TPSA) is 108 Å². The van der Waals surface area contributed by atoms with Crippen molar-refractivity contribution in [3.8, 4) is 0 Å². The van der Waals surface area contributed by atoms with Gasteiger partial charge in [-0.05, 0) is 19.9 Å². The fourth-order valence-corrected chi connectivity index (χ4v) is 7.01. The Bertz CT molecular complexity index is 933. The van der Waals surface area contributed by atoms with E-state index in [9.17, 15) is 19.5 Å². The van der Waals surface area contributed by atoms with Crippen LogP contribution < -0.4 is 0 Å². The molecular formula is C22H26O8. The minimum Gasteiger partial charge on any atom is -0.466 e. The third-order valence-corrected chi connectivity index (χ3v) is 8.14. The maximum Gasteiger partial charge on any atom is 0.339 e. The average molecular weight is 418 g/mol. The van der Waals surface area contributed by atoms with Gasteiger partial charge in [0.25, 0.3) is 0 Å². The van der Waals surface area contributed by atoms with Crippen LogP contribution >= 0.6 is 0 Å². The van der Waals surface area contributed by atoms with E-state index < -0.39 is 52.3 Å². The summed E-state index contributed by atoms with van der Waals surface area (Å²) in [6, 6.07) is 0. The van der Waals surface area contributed by atoms with Gasteiger partial charge in [0.1, 0.15) is 22.9 Å². The molecule has 0 radical (unpaired) electrons. The van der Waals surface area contributed by atoms with E-state index in [2.05, 4.69) is 6.58 Å². The number of esters is 2. The highest BCUT2D eigenvalue weighted by atomic mass is 16.7. The molecule has 8 nitrogen and oxygen atoms in total. The third-order valence-electron chi connectivity index (χ3n) is 8.14. The van der Waals surface area contributed by atoms with Gasteiger partial charge in [0.05, 0.1) is 18.3 Å². The van der Waals surface area contributed by atoms with Gasteiger partial charge in [-0.15, -0.1) is 0 Å². The summed E-state index contributed by atoms with van der Waals surface area (Å²) >= 11 is 0. The number of allylic oxidation sites excluding steroid dienone is 1. The molecule has 2 aliphatic carbocycles. The predicted molar refractivity (Wildman–Crippen MR) is 101 cm³/mol. The molecular weight excluding hydrogens is 392 g/mol. The van der Waals surface area contributed by atoms with Crippen molar-refractivity contribution >= 4 is 17.7 Å². The first-order chi connectivity index (χ1) is 14.0. The molecule has 1 N–H and O–H groups in total. The summed E-state index contributed by atoms with van der Waals surface area (Å²) in [6.45, 7) is 7.36. The number of carbonyl (C=O) groups excluding carboxylic acids is 3. The van der Waals surface area contributed by atoms with Crippen molar-refractivity contribution in [1.29, 1.82) is 0 Å². The van der Waals surface area contributed by atoms with Gasteiger partial charge < -0.3 is 24.1 Å². The number of carbonyl (C=O) groups is 3. The molecule has 0 amide bonds. The number of rotatable bonds is 3. The molecule has 8 heteroatoms. The number of methoxy groups -OCH3 is 2. The normalized spacial score (nSPS) is 50.5. The van der Waals surface area contributed by atoms with E-state index in [0.29, 0.717) is 5.57 Å². The zero-order chi connectivity index (χ0) is 21.9. The van der Waals surface area contributed by atoms with E-state index in [1.165, 1.54) is 14.2 Å². The minimum absolute atomic E-state index is 0.0361. The Hall–Kier alpha value is -2.03. The molecule has 4 fully saturated rings. The summed E-state index contributed by atoms with van der Waals surface area (Å²) in [5, 5.41) is 11.2. The van der Waals surface area contributed by atoms with Crippen LogP contribution in [0.1, 0.15) is 33.1 Å². The first kappa shape index (κ1) is 19.9. The quantitative estimate of drug-likeness (QED) is 0.536. The smallest absolute Gasteiger partial charge is 0.339 e. The number of hydrogen-bond donors (Lipinski definition) is 1. The molecule has 8 atom stereocenters. The molecule has 3 heterocycles. The minimum atomic E-state index is -1.60. The van der Waals surface area contributed by atoms with Crippen molar-refractivity contribution in [2.24, 2.45) is 23.2 Å². The summed E-state index contributed by atoms with van der Waals surface area (Å²) in [7, 11) is 2.64. The van der Waals surface area contributed by atoms with Crippen molar-refractivity contribution in [3.63, 3.8) is 0 Å². The van der Waals surface area contributed by atoms with Crippen LogP contribution in [0.4, 0.5) is 0 Å². The maximum atomic E-state index is 13.4. The lowest BCUT2D eigenvalue weighted by molar-refractivity contribution is -0.335. The summed E-state index contributed by atoms with van der Waals surface area (Å²) in [4.78, 5) is 39.4. The lowest BCUT2D eigenvalue weighted by Crippen LogP contribution is -2.76. The molecule has 0 aromatic rings. The molecule has 0 aromatic heterocycles. The first-order valence-electron chi connectivity index (χ1n) is 10.2. The number of aliphatic hydroxyl groups is 1. The van der Waals surface area contributed by atoms with Crippen LogP contribution in [-0.4, -0.2) is 60.1 Å². The molecule has 2 spiro atoms. The molecule has 2 bridgehead atoms. The molecule has 30 heavy (non-hydrogen) atoms. The average Bonchev–Trinajstić information content (AvgIpc) is 3.22. The maximum absolute atomic E-state index is 13.4. The van der Waals surface area contributed by atoms with Gasteiger partial charge >= 0.3 is 11.9 Å². The van der Waals surface area contributed by atoms with Gasteiger partial charge in [0.15, 0.2) is 0 Å². The predicted octanol–water partition coefficient (Wildman–Crippen LogP) is 1.07. The van der Waals surface area contributed by atoms with Crippen molar-refractivity contribution in [1.82, 2.24) is 0 Å². The summed E-state index contributed by atoms with van der Waals surface area (Å²) in [6.07, 6.45) is 1.27. The van der Waals surface area contributed by atoms with Crippen molar-refractivity contribution in [2.75, 3.05) is 14.2 Å². The van der Waals surface area contributed by atoms with E-state index in [1.54, 1.807) is 19.9 Å². The molecule has 2 saturated heterocycles. The van der Waals surface area contributed by atoms with Crippen LogP contribution in [0.3, 0.4) is 0 Å². The molecule has 2 saturated carbocycles. The Morgan fingerprint density at radius 1 is 1.30 bits per heavy atom. The van der Waals surface area contributed by atoms with Crippen LogP contribution in [0, 0.1) is 23.2 Å². The number of ketones is 1. The van der Waals surface area contributed by atoms with E-state index >= 15 is 0 Å². The molecule has 0 aromatic carbocycles. The zero-order valence-corrected chi connectivity index (χ0v) is 17.5. The summed E-state index contributed by atoms with van der Waals surface area (Å²) in [5.74, 6) is -4.52. The van der Waals surface area contributed by atoms with Gasteiger partial charge in [0, 0.05) is 44.1 Å². The zero-order valence-electron chi connectivity index (χ0n) is 17.5. The van der Waals surface area contributed by atoms with Crippen molar-refractivity contribution < 1.29 is 38.4 Å². The molecule has 162 valence electrons. The Labute approximate surface area is 174 Å². The van der Waals surface area contributed by atoms with Gasteiger partial charge in [-0.25, -0.2) is 4.79 Å². The molecule has 5 rings (SSSR count). The van der Waals surface area contributed by atoms with Gasteiger partial charge in [-0.2, -0.15) is 0 Å². The van der Waals surface area contributed by atoms with Crippen LogP contribution in [0.5, 0.6) is 0 Å². The van der Waals surface area contributed by atoms with Crippen molar-refractivity contribution in [3.05, 3.63) is 23.8 Å². The van der Waals surface area contributed by atoms with Gasteiger partial charge in [0.2, 0.25) is 5.79 Å². The largest absolute Gasteiger partial charge is 0.466 e. The van der Waals surface area contributed by atoms with Crippen LogP contribution in [0.15, 0.2) is 23.8 Å². The Morgan fingerprint density at radius 2 is 2.00 bits per heavy atom. The number of ether oxygens (including phenoxy) is 4. The summed E-state index contributed by atoms with van der Waals surface area (Å²) in [5.41, 5.74) is -3.20. The van der Waals surface area contributed by atoms with E-state index in [0.717, 1.165) is 0 Å². The second kappa shape index (κ2) is 5.60. The van der Waals surface area contributed by atoms with Gasteiger partial charge in [-0.1, -0.05) is 12.2 Å². The third kappa shape index (κ3) is 1.91. The molecule has 3 aliphatic heterocycles. The Balaban J connectivity index is 1.79. The van der Waals surface area contributed by atoms with Crippen LogP contribution in [0.2, 0.25) is 0 Å². The Kier molecular flexibility index (Phi) is 3.72. The lowest BCUT2D eigenvalue weighted by atomic mass is 9.41. The van der Waals surface area contributed by atoms with Gasteiger partial charge in [-0.3, -0.25) is 9.59 Å². The van der Waals surface area contributed by atoms with E-state index in [-0.39, 0.29) is 36.5 Å². The highest BCUT2D eigenvalue weighted by molar-refractivity contribution is 5.97. The highest BCUT2D eigenvalue weighted by Crippen LogP contribution is 2.78. The monoisotopic (exact) mass is 418 g/mol. The van der Waals surface area contributed by atoms with E-state index in [1.807, 2.05) is 0 Å². The number of fused-ring (bicyclic) bond motifs is 1. The van der Waals surface area contributed by atoms with Crippen LogP contribution in [0.25, 0.3) is 0 Å². The lowest BCUT2D eigenvalue weighted by Gasteiger charge is -2.63. The second-order valence-electron chi connectivity index (χ2n) is 9.63. The molecule has 5 aliphatic rings. The SMILES string of the molecule is C=C(C)[C@H]1C[C@@]2(OC)O[C@@]3(C=C2C(=O)OC)[C@H]2[C@@H]4[C@H](C[C@@]2(C)O)OC(=O)[C@@]43CC1=O. The Morgan fingerprint density at radius 3 is 2.60 bits per heavy atom. The number of hydrogen-bond acceptors (Lipinski definition) is 8. The number of Topliss-reactive ketones (excluding diaryl/α,β-unsaturated/α-hetero) is 1. The van der Waals surface area contributed by atoms with Crippen molar-refractivity contribution in [2.45, 2.75) is 56.2 Å². The first-order valence-corrected chi connectivity index (χ1v) is 10.2. The van der Waals surface area contributed by atoms with Crippen LogP contribution in [-0.2, 0) is 33.3 Å². The highest BCUT2D eigenvalue weighted by Gasteiger charge is 2.90. The second-order valence-corrected chi connectivity index (χ2v) is 9.63. The van der Waals surface area contributed by atoms with E-state index in [4.69, 9.17) is 18.9 Å². The molecule has 0 unspecified atom stereocenters. The standard InChI is InChI=1S/C22H26O8/c1-10(2)11-6-22(28-5)12(17(24)27-4)7-21(30-22)16-15-14(9-19(16,3)26)29-18(25)20(15,21)8-13(11)23/h7,11,14-16,26H,1,6,8-9H2,2-5H3/t11-,14+,15+,16+,19-,20-,21+,22-/m1/s1.